The van der Waals surface area contributed by atoms with Crippen LogP contribution >= 0.6 is 11.6 Å². The molecule has 1 fully saturated rings. The minimum Gasteiger partial charge on any atom is -0.494 e. The number of aromatic nitrogens is 3. The van der Waals surface area contributed by atoms with Crippen molar-refractivity contribution in [1.82, 2.24) is 19.9 Å². The molecule has 0 saturated carbocycles. The number of halogens is 1. The summed E-state index contributed by atoms with van der Waals surface area (Å²) in [5.41, 5.74) is 2.64. The van der Waals surface area contributed by atoms with Crippen molar-refractivity contribution in [3.05, 3.63) is 65.6 Å². The molecule has 2 atom stereocenters. The van der Waals surface area contributed by atoms with Gasteiger partial charge in [-0.3, -0.25) is 4.79 Å². The van der Waals surface area contributed by atoms with E-state index in [0.717, 1.165) is 18.7 Å². The summed E-state index contributed by atoms with van der Waals surface area (Å²) in [4.78, 5) is 28.6. The molecule has 0 bridgehead atoms. The number of carbonyl (C=O) groups excluding carboxylic acids is 1. The van der Waals surface area contributed by atoms with E-state index in [4.69, 9.17) is 25.8 Å². The first-order valence-corrected chi connectivity index (χ1v) is 14.2. The summed E-state index contributed by atoms with van der Waals surface area (Å²) < 4.78 is 16.8. The van der Waals surface area contributed by atoms with Gasteiger partial charge in [-0.05, 0) is 68.8 Å². The zero-order valence-corrected chi connectivity index (χ0v) is 24.9. The third-order valence-corrected chi connectivity index (χ3v) is 7.83. The highest BCUT2D eigenvalue weighted by molar-refractivity contribution is 6.32. The average molecular weight is 591 g/mol. The number of hydrogen-bond donors (Lipinski definition) is 2. The Balaban J connectivity index is 1.32. The van der Waals surface area contributed by atoms with Crippen molar-refractivity contribution in [1.29, 1.82) is 0 Å². The number of nitrogens with one attached hydrogen (secondary N) is 2. The molecule has 1 amide bonds. The van der Waals surface area contributed by atoms with Crippen molar-refractivity contribution >= 4 is 45.6 Å². The van der Waals surface area contributed by atoms with Gasteiger partial charge >= 0.3 is 0 Å². The average Bonchev–Trinajstić information content (AvgIpc) is 3.43. The molecule has 2 N–H and O–H groups in total. The van der Waals surface area contributed by atoms with E-state index in [1.807, 2.05) is 30.3 Å². The summed E-state index contributed by atoms with van der Waals surface area (Å²) in [5.74, 6) is 2.21. The molecule has 10 nitrogen and oxygen atoms in total. The van der Waals surface area contributed by atoms with E-state index < -0.39 is 0 Å². The van der Waals surface area contributed by atoms with Crippen LogP contribution in [0.3, 0.4) is 0 Å². The minimum absolute atomic E-state index is 0.0571. The Morgan fingerprint density at radius 1 is 1.14 bits per heavy atom. The highest BCUT2D eigenvalue weighted by Crippen LogP contribution is 2.38. The highest BCUT2D eigenvalue weighted by atomic mass is 35.5. The molecule has 2 aromatic carbocycles. The van der Waals surface area contributed by atoms with Crippen LogP contribution < -0.4 is 24.8 Å². The first kappa shape index (κ1) is 29.3. The van der Waals surface area contributed by atoms with Gasteiger partial charge in [-0.25, -0.2) is 15.0 Å². The van der Waals surface area contributed by atoms with Gasteiger partial charge in [0.1, 0.15) is 24.5 Å². The lowest BCUT2D eigenvalue weighted by Gasteiger charge is -2.25. The van der Waals surface area contributed by atoms with Gasteiger partial charge < -0.3 is 29.7 Å². The van der Waals surface area contributed by atoms with Crippen LogP contribution in [0.25, 0.3) is 10.9 Å². The number of amides is 1. The molecule has 0 spiro atoms. The SMILES string of the molecule is COc1cccc(COc2ccc(Nc3ncnc4ccc(NC(=O)CC(C)[C@H]5CCCN5C)c(OC)c34)cc2Cl)n1. The molecule has 42 heavy (non-hydrogen) atoms. The number of ether oxygens (including phenoxy) is 3. The van der Waals surface area contributed by atoms with Crippen LogP contribution in [0.15, 0.2) is 54.9 Å². The quantitative estimate of drug-likeness (QED) is 0.215. The van der Waals surface area contributed by atoms with Crippen LogP contribution in [0.1, 0.15) is 31.9 Å². The Hall–Kier alpha value is -4.15. The smallest absolute Gasteiger partial charge is 0.224 e. The van der Waals surface area contributed by atoms with Crippen LogP contribution in [0.5, 0.6) is 17.4 Å². The molecule has 1 aliphatic heterocycles. The van der Waals surface area contributed by atoms with E-state index >= 15 is 0 Å². The number of hydrogen-bond acceptors (Lipinski definition) is 9. The summed E-state index contributed by atoms with van der Waals surface area (Å²) in [6, 6.07) is 14.9. The van der Waals surface area contributed by atoms with E-state index in [0.29, 0.717) is 63.0 Å². The van der Waals surface area contributed by atoms with Gasteiger partial charge in [0.25, 0.3) is 0 Å². The van der Waals surface area contributed by atoms with E-state index in [-0.39, 0.29) is 18.4 Å². The first-order chi connectivity index (χ1) is 20.4. The maximum atomic E-state index is 13.0. The molecule has 11 heteroatoms. The van der Waals surface area contributed by atoms with Crippen molar-refractivity contribution in [3.8, 4) is 17.4 Å². The van der Waals surface area contributed by atoms with Crippen molar-refractivity contribution < 1.29 is 19.0 Å². The largest absolute Gasteiger partial charge is 0.494 e. The number of likely N-dealkylation sites (tertiary alicyclic amines) is 1. The number of benzene rings is 2. The molecule has 5 rings (SSSR count). The molecule has 3 heterocycles. The normalized spacial score (nSPS) is 15.8. The summed E-state index contributed by atoms with van der Waals surface area (Å²) in [5, 5.41) is 7.42. The number of carbonyl (C=O) groups is 1. The van der Waals surface area contributed by atoms with Gasteiger partial charge in [0.2, 0.25) is 11.8 Å². The second kappa shape index (κ2) is 13.2. The summed E-state index contributed by atoms with van der Waals surface area (Å²) in [6.45, 7) is 3.45. The number of fused-ring (bicyclic) bond motifs is 1. The third kappa shape index (κ3) is 6.66. The zero-order valence-electron chi connectivity index (χ0n) is 24.2. The molecular weight excluding hydrogens is 556 g/mol. The lowest BCUT2D eigenvalue weighted by Crippen LogP contribution is -2.33. The van der Waals surface area contributed by atoms with Crippen molar-refractivity contribution in [2.75, 3.05) is 38.4 Å². The molecule has 0 radical (unpaired) electrons. The Morgan fingerprint density at radius 2 is 2.00 bits per heavy atom. The number of methoxy groups -OCH3 is 2. The predicted molar refractivity (Wildman–Crippen MR) is 164 cm³/mol. The Labute approximate surface area is 250 Å². The molecule has 1 saturated heterocycles. The van der Waals surface area contributed by atoms with Crippen LogP contribution in [0.4, 0.5) is 17.2 Å². The maximum Gasteiger partial charge on any atom is 0.224 e. The number of pyridine rings is 1. The summed E-state index contributed by atoms with van der Waals surface area (Å²) in [7, 11) is 5.26. The Morgan fingerprint density at radius 3 is 2.74 bits per heavy atom. The Kier molecular flexibility index (Phi) is 9.24. The molecule has 0 aliphatic carbocycles. The lowest BCUT2D eigenvalue weighted by molar-refractivity contribution is -0.117. The van der Waals surface area contributed by atoms with Crippen molar-refractivity contribution in [2.45, 2.75) is 38.8 Å². The number of anilines is 3. The van der Waals surface area contributed by atoms with E-state index in [1.54, 1.807) is 32.4 Å². The van der Waals surface area contributed by atoms with Crippen LogP contribution in [0, 0.1) is 5.92 Å². The molecule has 1 unspecified atom stereocenters. The van der Waals surface area contributed by atoms with Crippen molar-refractivity contribution in [2.24, 2.45) is 5.92 Å². The standard InChI is InChI=1S/C31H35ClN6O4/c1-19(25-8-6-14-38(25)2)15-27(39)37-24-12-11-23-29(30(24)41-4)31(34-18-33-23)36-20-10-13-26(22(32)16-20)42-17-21-7-5-9-28(35-21)40-3/h5,7,9-13,16,18-19,25H,6,8,14-15,17H2,1-4H3,(H,37,39)(H,33,34,36)/t19?,25-/m1/s1. The molecule has 1 aliphatic rings. The molecule has 4 aromatic rings. The maximum absolute atomic E-state index is 13.0. The second-order valence-corrected chi connectivity index (χ2v) is 10.8. The topological polar surface area (TPSA) is 111 Å². The molecule has 220 valence electrons. The number of nitrogens with zero attached hydrogens (tertiary/aromatic N) is 4. The lowest BCUT2D eigenvalue weighted by atomic mass is 9.96. The Bertz CT molecular complexity index is 1570. The van der Waals surface area contributed by atoms with Gasteiger partial charge in [0.15, 0.2) is 5.75 Å². The van der Waals surface area contributed by atoms with E-state index in [2.05, 4.69) is 44.5 Å². The van der Waals surface area contributed by atoms with Crippen LogP contribution in [-0.2, 0) is 11.4 Å². The fourth-order valence-electron chi connectivity index (χ4n) is 5.45. The highest BCUT2D eigenvalue weighted by Gasteiger charge is 2.28. The first-order valence-electron chi connectivity index (χ1n) is 13.9. The summed E-state index contributed by atoms with van der Waals surface area (Å²) in [6.07, 6.45) is 4.19. The number of rotatable bonds is 11. The van der Waals surface area contributed by atoms with Gasteiger partial charge in [0.05, 0.1) is 41.5 Å². The zero-order chi connectivity index (χ0) is 29.6. The van der Waals surface area contributed by atoms with Gasteiger partial charge in [0, 0.05) is 24.2 Å². The summed E-state index contributed by atoms with van der Waals surface area (Å²) >= 11 is 6.56. The third-order valence-electron chi connectivity index (χ3n) is 7.54. The van der Waals surface area contributed by atoms with Crippen molar-refractivity contribution in [3.63, 3.8) is 0 Å². The van der Waals surface area contributed by atoms with Crippen LogP contribution in [0.2, 0.25) is 5.02 Å². The fraction of sp³-hybridized carbons (Fsp3) is 0.355. The fourth-order valence-corrected chi connectivity index (χ4v) is 5.68. The second-order valence-electron chi connectivity index (χ2n) is 10.4. The minimum atomic E-state index is -0.0571. The predicted octanol–water partition coefficient (Wildman–Crippen LogP) is 6.08. The molecule has 2 aromatic heterocycles. The van der Waals surface area contributed by atoms with Crippen LogP contribution in [-0.4, -0.2) is 59.6 Å². The van der Waals surface area contributed by atoms with Gasteiger partial charge in [-0.2, -0.15) is 0 Å². The van der Waals surface area contributed by atoms with Gasteiger partial charge in [-0.15, -0.1) is 0 Å². The van der Waals surface area contributed by atoms with E-state index in [9.17, 15) is 4.79 Å². The van der Waals surface area contributed by atoms with Gasteiger partial charge in [-0.1, -0.05) is 24.6 Å². The van der Waals surface area contributed by atoms with E-state index in [1.165, 1.54) is 12.7 Å². The monoisotopic (exact) mass is 590 g/mol. The molecular formula is C31H35ClN6O4.